The summed E-state index contributed by atoms with van der Waals surface area (Å²) in [5.41, 5.74) is 9.86. The first-order valence-electron chi connectivity index (χ1n) is 12.2. The third-order valence-electron chi connectivity index (χ3n) is 7.07. The second-order valence-electron chi connectivity index (χ2n) is 9.63. The Morgan fingerprint density at radius 2 is 1.94 bits per heavy atom. The van der Waals surface area contributed by atoms with Gasteiger partial charge in [-0.25, -0.2) is 4.98 Å². The number of carbonyl (C=O) groups excluding carboxylic acids is 1. The zero-order valence-electron chi connectivity index (χ0n) is 19.5. The number of β-amino-alcohol motifs (C(OH)–C–C–N with tert-alkyl or cyclic N) is 1. The SMILES string of the molecule is Cc1cccc2nc(NC(=O)c3cc(N)c(N4CCCC[C@H](O)C4)s3)n(C3CCC(O)CC3)c12. The monoisotopic (exact) mass is 483 g/mol. The van der Waals surface area contributed by atoms with Crippen molar-refractivity contribution in [1.82, 2.24) is 9.55 Å². The Morgan fingerprint density at radius 1 is 1.15 bits per heavy atom. The van der Waals surface area contributed by atoms with Gasteiger partial charge in [-0.2, -0.15) is 0 Å². The molecule has 0 spiro atoms. The maximum absolute atomic E-state index is 13.3. The van der Waals surface area contributed by atoms with E-state index in [0.29, 0.717) is 23.1 Å². The molecular weight excluding hydrogens is 450 g/mol. The molecule has 8 nitrogen and oxygen atoms in total. The first-order chi connectivity index (χ1) is 16.4. The highest BCUT2D eigenvalue weighted by Crippen LogP contribution is 2.38. The molecule has 1 saturated carbocycles. The number of aryl methyl sites for hydroxylation is 1. The van der Waals surface area contributed by atoms with Crippen LogP contribution >= 0.6 is 11.3 Å². The van der Waals surface area contributed by atoms with Crippen LogP contribution in [0.25, 0.3) is 11.0 Å². The molecule has 1 aliphatic carbocycles. The molecule has 1 aromatic carbocycles. The fraction of sp³-hybridized carbons (Fsp3) is 0.520. The Balaban J connectivity index is 1.44. The maximum atomic E-state index is 13.3. The summed E-state index contributed by atoms with van der Waals surface area (Å²) in [5.74, 6) is 0.303. The lowest BCUT2D eigenvalue weighted by molar-refractivity contribution is 0.102. The highest BCUT2D eigenvalue weighted by atomic mass is 32.1. The first kappa shape index (κ1) is 23.1. The van der Waals surface area contributed by atoms with Crippen LogP contribution in [-0.2, 0) is 0 Å². The Bertz CT molecular complexity index is 1180. The zero-order valence-corrected chi connectivity index (χ0v) is 20.4. The van der Waals surface area contributed by atoms with Gasteiger partial charge in [-0.05, 0) is 69.6 Å². The van der Waals surface area contributed by atoms with Crippen molar-refractivity contribution in [2.45, 2.75) is 70.1 Å². The predicted octanol–water partition coefficient (Wildman–Crippen LogP) is 4.07. The molecular formula is C25H33N5O3S. The van der Waals surface area contributed by atoms with Crippen molar-refractivity contribution in [3.63, 3.8) is 0 Å². The number of amides is 1. The third-order valence-corrected chi connectivity index (χ3v) is 8.28. The van der Waals surface area contributed by atoms with E-state index in [-0.39, 0.29) is 24.2 Å². The number of anilines is 3. The number of hydrogen-bond donors (Lipinski definition) is 4. The number of fused-ring (bicyclic) bond motifs is 1. The van der Waals surface area contributed by atoms with E-state index in [0.717, 1.165) is 73.1 Å². The van der Waals surface area contributed by atoms with Crippen LogP contribution in [0.4, 0.5) is 16.6 Å². The molecule has 5 N–H and O–H groups in total. The second kappa shape index (κ2) is 9.56. The lowest BCUT2D eigenvalue weighted by Crippen LogP contribution is -2.30. The number of aliphatic hydroxyl groups excluding tert-OH is 2. The van der Waals surface area contributed by atoms with Crippen molar-refractivity contribution in [2.24, 2.45) is 0 Å². The summed E-state index contributed by atoms with van der Waals surface area (Å²) in [6, 6.07) is 7.91. The molecule has 3 aromatic rings. The van der Waals surface area contributed by atoms with Gasteiger partial charge >= 0.3 is 0 Å². The van der Waals surface area contributed by atoms with Crippen molar-refractivity contribution < 1.29 is 15.0 Å². The average Bonchev–Trinajstić information content (AvgIpc) is 3.30. The van der Waals surface area contributed by atoms with Gasteiger partial charge in [0.15, 0.2) is 0 Å². The lowest BCUT2D eigenvalue weighted by Gasteiger charge is -2.28. The topological polar surface area (TPSA) is 117 Å². The molecule has 2 aromatic heterocycles. The second-order valence-corrected chi connectivity index (χ2v) is 10.7. The number of para-hydroxylation sites is 1. The van der Waals surface area contributed by atoms with Crippen molar-refractivity contribution in [2.75, 3.05) is 29.0 Å². The normalized spacial score (nSPS) is 23.7. The van der Waals surface area contributed by atoms with E-state index in [1.54, 1.807) is 6.07 Å². The highest BCUT2D eigenvalue weighted by Gasteiger charge is 2.27. The zero-order chi connectivity index (χ0) is 23.8. The van der Waals surface area contributed by atoms with E-state index in [4.69, 9.17) is 10.7 Å². The number of imidazole rings is 1. The van der Waals surface area contributed by atoms with E-state index in [9.17, 15) is 15.0 Å². The molecule has 182 valence electrons. The smallest absolute Gasteiger partial charge is 0.268 e. The third kappa shape index (κ3) is 4.52. The molecule has 9 heteroatoms. The van der Waals surface area contributed by atoms with Crippen LogP contribution in [0.15, 0.2) is 24.3 Å². The number of hydrogen-bond acceptors (Lipinski definition) is 7. The highest BCUT2D eigenvalue weighted by molar-refractivity contribution is 7.18. The van der Waals surface area contributed by atoms with Gasteiger partial charge in [0.1, 0.15) is 5.00 Å². The van der Waals surface area contributed by atoms with E-state index >= 15 is 0 Å². The van der Waals surface area contributed by atoms with Gasteiger partial charge < -0.3 is 25.4 Å². The predicted molar refractivity (Wildman–Crippen MR) is 137 cm³/mol. The molecule has 5 rings (SSSR count). The maximum Gasteiger partial charge on any atom is 0.268 e. The molecule has 1 amide bonds. The molecule has 1 saturated heterocycles. The number of nitrogens with two attached hydrogens (primary N) is 1. The summed E-state index contributed by atoms with van der Waals surface area (Å²) in [6.07, 6.45) is 5.33. The van der Waals surface area contributed by atoms with Gasteiger partial charge in [-0.3, -0.25) is 10.1 Å². The summed E-state index contributed by atoms with van der Waals surface area (Å²) in [6.45, 7) is 3.42. The van der Waals surface area contributed by atoms with Crippen LogP contribution in [0.5, 0.6) is 0 Å². The number of carbonyl (C=O) groups is 1. The minimum atomic E-state index is -0.376. The lowest BCUT2D eigenvalue weighted by atomic mass is 9.92. The standard InChI is InChI=1S/C25H33N5O3S/c1-15-5-4-7-20-22(15)30(16-8-10-17(31)11-9-16)25(27-20)28-23(33)21-13-19(26)24(34-21)29-12-3-2-6-18(32)14-29/h4-5,7,13,16-18,31-32H,2-3,6,8-12,14,26H2,1H3,(H,27,28,33)/t16?,17?,18-/m0/s1. The minimum Gasteiger partial charge on any atom is -0.396 e. The average molecular weight is 484 g/mol. The van der Waals surface area contributed by atoms with Crippen LogP contribution in [0.1, 0.15) is 66.2 Å². The van der Waals surface area contributed by atoms with Crippen LogP contribution in [0, 0.1) is 6.92 Å². The quantitative estimate of drug-likeness (QED) is 0.445. The molecule has 2 aliphatic rings. The van der Waals surface area contributed by atoms with Crippen LogP contribution in [-0.4, -0.2) is 51.0 Å². The van der Waals surface area contributed by atoms with Crippen molar-refractivity contribution in [3.05, 3.63) is 34.7 Å². The minimum absolute atomic E-state index is 0.173. The molecule has 2 fully saturated rings. The van der Waals surface area contributed by atoms with Gasteiger partial charge in [0, 0.05) is 19.1 Å². The summed E-state index contributed by atoms with van der Waals surface area (Å²) >= 11 is 1.36. The fourth-order valence-electron chi connectivity index (χ4n) is 5.30. The number of nitrogens with one attached hydrogen (secondary N) is 1. The van der Waals surface area contributed by atoms with Gasteiger partial charge in [0.05, 0.1) is 33.8 Å². The van der Waals surface area contributed by atoms with E-state index in [2.05, 4.69) is 27.8 Å². The van der Waals surface area contributed by atoms with Gasteiger partial charge in [0.2, 0.25) is 5.95 Å². The molecule has 1 aliphatic heterocycles. The number of rotatable bonds is 4. The Kier molecular flexibility index (Phi) is 6.50. The number of aromatic nitrogens is 2. The summed E-state index contributed by atoms with van der Waals surface area (Å²) < 4.78 is 2.15. The molecule has 0 bridgehead atoms. The van der Waals surface area contributed by atoms with Crippen molar-refractivity contribution >= 4 is 44.9 Å². The Labute approximate surface area is 203 Å². The van der Waals surface area contributed by atoms with Crippen LogP contribution in [0.2, 0.25) is 0 Å². The van der Waals surface area contributed by atoms with Gasteiger partial charge in [-0.15, -0.1) is 11.3 Å². The molecule has 1 atom stereocenters. The molecule has 0 unspecified atom stereocenters. The van der Waals surface area contributed by atoms with E-state index < -0.39 is 0 Å². The van der Waals surface area contributed by atoms with E-state index in [1.165, 1.54) is 11.3 Å². The summed E-state index contributed by atoms with van der Waals surface area (Å²) in [7, 11) is 0. The van der Waals surface area contributed by atoms with Crippen molar-refractivity contribution in [3.8, 4) is 0 Å². The number of thiophene rings is 1. The number of nitrogens with zero attached hydrogens (tertiary/aromatic N) is 3. The Hall–Kier alpha value is -2.62. The van der Waals surface area contributed by atoms with Gasteiger partial charge in [0.25, 0.3) is 5.91 Å². The Morgan fingerprint density at radius 3 is 2.74 bits per heavy atom. The number of nitrogen functional groups attached to an aromatic ring is 1. The largest absolute Gasteiger partial charge is 0.396 e. The molecule has 0 radical (unpaired) electrons. The van der Waals surface area contributed by atoms with Crippen LogP contribution in [0.3, 0.4) is 0 Å². The summed E-state index contributed by atoms with van der Waals surface area (Å²) in [4.78, 5) is 20.7. The van der Waals surface area contributed by atoms with E-state index in [1.807, 2.05) is 12.1 Å². The summed E-state index contributed by atoms with van der Waals surface area (Å²) in [5, 5.41) is 24.1. The fourth-order valence-corrected chi connectivity index (χ4v) is 6.31. The number of aliphatic hydroxyl groups is 2. The van der Waals surface area contributed by atoms with Crippen LogP contribution < -0.4 is 16.0 Å². The van der Waals surface area contributed by atoms with Crippen molar-refractivity contribution in [1.29, 1.82) is 0 Å². The molecule has 3 heterocycles. The first-order valence-corrected chi connectivity index (χ1v) is 13.0. The molecule has 34 heavy (non-hydrogen) atoms. The number of benzene rings is 1. The van der Waals surface area contributed by atoms with Gasteiger partial charge in [-0.1, -0.05) is 12.1 Å².